The number of likely N-dealkylation sites (N-methyl/N-ethyl adjacent to an activating group) is 1. The summed E-state index contributed by atoms with van der Waals surface area (Å²) in [7, 11) is 3.83. The van der Waals surface area contributed by atoms with Gasteiger partial charge in [0.1, 0.15) is 0 Å². The number of nitrogens with zero attached hydrogens (tertiary/aromatic N) is 1. The average Bonchev–Trinajstić information content (AvgIpc) is 1.60. The Kier molecular flexibility index (Phi) is 2.84. The minimum atomic E-state index is -0.737. The van der Waals surface area contributed by atoms with Crippen molar-refractivity contribution in [3.63, 3.8) is 0 Å². The van der Waals surface area contributed by atoms with E-state index in [2.05, 4.69) is 0 Å². The van der Waals surface area contributed by atoms with E-state index >= 15 is 0 Å². The summed E-state index contributed by atoms with van der Waals surface area (Å²) < 4.78 is 0.537. The molecule has 0 unspecified atom stereocenters. The van der Waals surface area contributed by atoms with Gasteiger partial charge in [-0.25, -0.2) is 4.79 Å². The monoisotopic (exact) mass is 146 g/mol. The Morgan fingerprint density at radius 3 is 2.00 bits per heavy atom. The molecule has 0 fully saturated rings. The van der Waals surface area contributed by atoms with Gasteiger partial charge in [-0.3, -0.25) is 0 Å². The Hall–Kier alpha value is -0.570. The number of hydrogen-bond donors (Lipinski definition) is 1. The molecule has 60 valence electrons. The van der Waals surface area contributed by atoms with E-state index in [9.17, 15) is 4.79 Å². The number of rotatable bonds is 3. The van der Waals surface area contributed by atoms with E-state index in [0.717, 1.165) is 0 Å². The van der Waals surface area contributed by atoms with Gasteiger partial charge in [-0.2, -0.15) is 0 Å². The highest BCUT2D eigenvalue weighted by Crippen LogP contribution is 2.03. The average molecular weight is 146 g/mol. The maximum absolute atomic E-state index is 10.3. The van der Waals surface area contributed by atoms with Crippen LogP contribution in [-0.4, -0.2) is 42.2 Å². The summed E-state index contributed by atoms with van der Waals surface area (Å²) in [5, 5.41) is 8.48. The molecular weight excluding hydrogens is 130 g/mol. The second-order valence-electron chi connectivity index (χ2n) is 3.42. The largest absolute Gasteiger partial charge is 0.477 e. The number of carbonyl (C=O) groups is 1. The number of aliphatic carboxylic acids is 1. The molecule has 0 atom stereocenters. The van der Waals surface area contributed by atoms with Crippen LogP contribution in [0.3, 0.4) is 0 Å². The maximum Gasteiger partial charge on any atom is 0.359 e. The number of carboxylic acids is 1. The van der Waals surface area contributed by atoms with Gasteiger partial charge in [-0.05, 0) is 13.8 Å². The van der Waals surface area contributed by atoms with Gasteiger partial charge in [0.2, 0.25) is 0 Å². The highest BCUT2D eigenvalue weighted by atomic mass is 16.4. The maximum atomic E-state index is 10.3. The Labute approximate surface area is 61.9 Å². The van der Waals surface area contributed by atoms with E-state index in [-0.39, 0.29) is 6.54 Å². The van der Waals surface area contributed by atoms with Gasteiger partial charge in [-0.1, -0.05) is 0 Å². The molecule has 0 aliphatic carbocycles. The zero-order valence-electron chi connectivity index (χ0n) is 7.09. The SMILES string of the molecule is CC(C)[N+](C)(C)CC(=O)O. The Morgan fingerprint density at radius 1 is 1.50 bits per heavy atom. The lowest BCUT2D eigenvalue weighted by atomic mass is 10.3. The molecule has 3 heteroatoms. The second kappa shape index (κ2) is 3.01. The molecule has 0 aliphatic heterocycles. The molecule has 0 rings (SSSR count). The number of quaternary nitrogens is 1. The summed E-state index contributed by atoms with van der Waals surface area (Å²) >= 11 is 0. The lowest BCUT2D eigenvalue weighted by Crippen LogP contribution is -2.48. The first-order valence-electron chi connectivity index (χ1n) is 3.40. The summed E-state index contributed by atoms with van der Waals surface area (Å²) in [6.45, 7) is 4.23. The normalized spacial score (nSPS) is 12.1. The van der Waals surface area contributed by atoms with Crippen molar-refractivity contribution in [2.24, 2.45) is 0 Å². The minimum Gasteiger partial charge on any atom is -0.477 e. The lowest BCUT2D eigenvalue weighted by molar-refractivity contribution is -0.904. The number of carboxylic acid groups (broad SMARTS) is 1. The van der Waals surface area contributed by atoms with Crippen LogP contribution in [-0.2, 0) is 4.79 Å². The molecule has 0 aromatic rings. The summed E-state index contributed by atoms with van der Waals surface area (Å²) in [5.74, 6) is -0.737. The van der Waals surface area contributed by atoms with E-state index < -0.39 is 5.97 Å². The van der Waals surface area contributed by atoms with E-state index in [1.54, 1.807) is 0 Å². The minimum absolute atomic E-state index is 0.192. The quantitative estimate of drug-likeness (QED) is 0.590. The molecule has 0 aliphatic rings. The third kappa shape index (κ3) is 2.82. The molecule has 0 bridgehead atoms. The first-order valence-corrected chi connectivity index (χ1v) is 3.40. The van der Waals surface area contributed by atoms with Crippen molar-refractivity contribution in [2.75, 3.05) is 20.6 Å². The highest BCUT2D eigenvalue weighted by molar-refractivity contribution is 5.67. The Balaban J connectivity index is 3.99. The molecule has 0 heterocycles. The van der Waals surface area contributed by atoms with Crippen molar-refractivity contribution in [1.82, 2.24) is 0 Å². The summed E-state index contributed by atoms with van der Waals surface area (Å²) in [6.07, 6.45) is 0. The first kappa shape index (κ1) is 9.43. The molecule has 0 saturated heterocycles. The Morgan fingerprint density at radius 2 is 1.90 bits per heavy atom. The van der Waals surface area contributed by atoms with Crippen molar-refractivity contribution in [3.05, 3.63) is 0 Å². The van der Waals surface area contributed by atoms with Gasteiger partial charge < -0.3 is 9.59 Å². The van der Waals surface area contributed by atoms with Crippen LogP contribution in [0.15, 0.2) is 0 Å². The van der Waals surface area contributed by atoms with Crippen LogP contribution in [0, 0.1) is 0 Å². The van der Waals surface area contributed by atoms with Crippen LogP contribution >= 0.6 is 0 Å². The van der Waals surface area contributed by atoms with Crippen molar-refractivity contribution in [3.8, 4) is 0 Å². The van der Waals surface area contributed by atoms with Crippen molar-refractivity contribution in [2.45, 2.75) is 19.9 Å². The molecule has 0 saturated carbocycles. The van der Waals surface area contributed by atoms with Crippen LogP contribution in [0.4, 0.5) is 0 Å². The zero-order chi connectivity index (χ0) is 8.36. The van der Waals surface area contributed by atoms with Crippen LogP contribution in [0.25, 0.3) is 0 Å². The molecular formula is C7H16NO2+. The summed E-state index contributed by atoms with van der Waals surface area (Å²) in [5.41, 5.74) is 0. The second-order valence-corrected chi connectivity index (χ2v) is 3.42. The smallest absolute Gasteiger partial charge is 0.359 e. The fourth-order valence-electron chi connectivity index (χ4n) is 0.531. The molecule has 0 aromatic heterocycles. The van der Waals surface area contributed by atoms with Gasteiger partial charge in [0.25, 0.3) is 0 Å². The Bertz CT molecular complexity index is 130. The third-order valence-electron chi connectivity index (χ3n) is 1.94. The molecule has 10 heavy (non-hydrogen) atoms. The summed E-state index contributed by atoms with van der Waals surface area (Å²) in [4.78, 5) is 10.3. The van der Waals surface area contributed by atoms with Crippen LogP contribution in [0.2, 0.25) is 0 Å². The van der Waals surface area contributed by atoms with Crippen molar-refractivity contribution < 1.29 is 14.4 Å². The van der Waals surface area contributed by atoms with Gasteiger partial charge in [0, 0.05) is 0 Å². The van der Waals surface area contributed by atoms with Gasteiger partial charge >= 0.3 is 5.97 Å². The van der Waals surface area contributed by atoms with E-state index in [4.69, 9.17) is 5.11 Å². The van der Waals surface area contributed by atoms with Crippen LogP contribution in [0.1, 0.15) is 13.8 Å². The van der Waals surface area contributed by atoms with Crippen molar-refractivity contribution in [1.29, 1.82) is 0 Å². The fourth-order valence-corrected chi connectivity index (χ4v) is 0.531. The van der Waals surface area contributed by atoms with Gasteiger partial charge in [0.05, 0.1) is 20.1 Å². The zero-order valence-corrected chi connectivity index (χ0v) is 7.09. The predicted octanol–water partition coefficient (Wildman–Crippen LogP) is 0.556. The highest BCUT2D eigenvalue weighted by Gasteiger charge is 2.22. The standard InChI is InChI=1S/C7H15NO2/c1-6(2)8(3,4)5-7(9)10/h6H,5H2,1-4H3/p+1. The third-order valence-corrected chi connectivity index (χ3v) is 1.94. The lowest BCUT2D eigenvalue weighted by Gasteiger charge is -2.32. The molecule has 3 nitrogen and oxygen atoms in total. The summed E-state index contributed by atoms with van der Waals surface area (Å²) in [6, 6.07) is 0.357. The molecule has 0 aromatic carbocycles. The van der Waals surface area contributed by atoms with Crippen LogP contribution < -0.4 is 0 Å². The first-order chi connectivity index (χ1) is 4.36. The number of hydrogen-bond acceptors (Lipinski definition) is 1. The molecule has 1 N–H and O–H groups in total. The predicted molar refractivity (Wildman–Crippen MR) is 39.7 cm³/mol. The van der Waals surface area contributed by atoms with Crippen LogP contribution in [0.5, 0.6) is 0 Å². The van der Waals surface area contributed by atoms with E-state index in [0.29, 0.717) is 10.5 Å². The van der Waals surface area contributed by atoms with E-state index in [1.807, 2.05) is 27.9 Å². The molecule has 0 spiro atoms. The molecule has 0 radical (unpaired) electrons. The van der Waals surface area contributed by atoms with Gasteiger partial charge in [0.15, 0.2) is 6.54 Å². The van der Waals surface area contributed by atoms with Gasteiger partial charge in [-0.15, -0.1) is 0 Å². The van der Waals surface area contributed by atoms with E-state index in [1.165, 1.54) is 0 Å². The topological polar surface area (TPSA) is 37.3 Å². The fraction of sp³-hybridized carbons (Fsp3) is 0.857. The van der Waals surface area contributed by atoms with Crippen molar-refractivity contribution >= 4 is 5.97 Å². The molecule has 0 amide bonds.